The highest BCUT2D eigenvalue weighted by Crippen LogP contribution is 2.26. The van der Waals surface area contributed by atoms with Gasteiger partial charge in [-0.05, 0) is 45.6 Å². The van der Waals surface area contributed by atoms with Crippen LogP contribution in [0.5, 0.6) is 0 Å². The van der Waals surface area contributed by atoms with Gasteiger partial charge in [0.15, 0.2) is 5.78 Å². The summed E-state index contributed by atoms with van der Waals surface area (Å²) >= 11 is 0. The van der Waals surface area contributed by atoms with Crippen LogP contribution >= 0.6 is 0 Å². The van der Waals surface area contributed by atoms with Crippen molar-refractivity contribution in [2.24, 2.45) is 5.92 Å². The molecule has 0 aliphatic heterocycles. The maximum atomic E-state index is 12.4. The van der Waals surface area contributed by atoms with Crippen molar-refractivity contribution in [3.8, 4) is 0 Å². The molecule has 1 aromatic heterocycles. The lowest BCUT2D eigenvalue weighted by Gasteiger charge is -2.28. The van der Waals surface area contributed by atoms with Crippen LogP contribution in [0.25, 0.3) is 0 Å². The predicted molar refractivity (Wildman–Crippen MR) is 81.3 cm³/mol. The van der Waals surface area contributed by atoms with Gasteiger partial charge in [0, 0.05) is 23.5 Å². The van der Waals surface area contributed by atoms with Crippen LogP contribution in [0.1, 0.15) is 61.3 Å². The number of hydrogen-bond donors (Lipinski definition) is 0. The summed E-state index contributed by atoms with van der Waals surface area (Å²) in [6.07, 6.45) is 5.12. The highest BCUT2D eigenvalue weighted by Gasteiger charge is 2.23. The minimum Gasteiger partial charge on any atom is -0.370 e. The van der Waals surface area contributed by atoms with Crippen LogP contribution in [0.2, 0.25) is 0 Å². The molecule has 0 amide bonds. The van der Waals surface area contributed by atoms with Gasteiger partial charge in [0.1, 0.15) is 6.61 Å². The second-order valence-electron chi connectivity index (χ2n) is 6.06. The molecular weight excluding hydrogens is 250 g/mol. The largest absolute Gasteiger partial charge is 0.370 e. The molecule has 1 aromatic rings. The Morgan fingerprint density at radius 3 is 2.65 bits per heavy atom. The van der Waals surface area contributed by atoms with Crippen molar-refractivity contribution < 1.29 is 9.53 Å². The number of carbonyl (C=O) groups excluding carboxylic acids is 1. The minimum atomic E-state index is 0.121. The summed E-state index contributed by atoms with van der Waals surface area (Å²) in [5.74, 6) is 0.704. The van der Waals surface area contributed by atoms with Gasteiger partial charge in [0.2, 0.25) is 0 Å². The second kappa shape index (κ2) is 6.57. The Kier molecular flexibility index (Phi) is 5.03. The van der Waals surface area contributed by atoms with Crippen molar-refractivity contribution in [1.82, 2.24) is 4.57 Å². The maximum absolute atomic E-state index is 12.4. The van der Waals surface area contributed by atoms with Gasteiger partial charge in [0.05, 0.1) is 6.10 Å². The van der Waals surface area contributed by atoms with E-state index < -0.39 is 0 Å². The number of ketones is 1. The van der Waals surface area contributed by atoms with Crippen LogP contribution in [0, 0.1) is 19.8 Å². The van der Waals surface area contributed by atoms with E-state index in [1.807, 2.05) is 13.0 Å². The molecule has 112 valence electrons. The number of ether oxygens (including phenoxy) is 1. The number of nitrogens with zero attached hydrogens (tertiary/aromatic N) is 1. The van der Waals surface area contributed by atoms with Gasteiger partial charge in [-0.15, -0.1) is 0 Å². The smallest absolute Gasteiger partial charge is 0.190 e. The van der Waals surface area contributed by atoms with Crippen LogP contribution < -0.4 is 0 Å². The van der Waals surface area contributed by atoms with Crippen LogP contribution in [0.3, 0.4) is 0 Å². The molecule has 2 unspecified atom stereocenters. The standard InChI is InChI=1S/C17H27NO2/c1-5-18-13(3)10-15(14(18)4)16(19)11-20-17-9-7-6-8-12(17)2/h10,12,17H,5-9,11H2,1-4H3. The third-order valence-corrected chi connectivity index (χ3v) is 4.65. The molecule has 1 saturated carbocycles. The van der Waals surface area contributed by atoms with Gasteiger partial charge >= 0.3 is 0 Å². The zero-order valence-electron chi connectivity index (χ0n) is 13.2. The van der Waals surface area contributed by atoms with Gasteiger partial charge in [0.25, 0.3) is 0 Å². The Morgan fingerprint density at radius 2 is 2.05 bits per heavy atom. The summed E-state index contributed by atoms with van der Waals surface area (Å²) in [5.41, 5.74) is 3.04. The van der Waals surface area contributed by atoms with E-state index in [0.29, 0.717) is 5.92 Å². The molecule has 0 aromatic carbocycles. The summed E-state index contributed by atoms with van der Waals surface area (Å²) in [4.78, 5) is 12.4. The number of aromatic nitrogens is 1. The number of aryl methyl sites for hydroxylation is 1. The third-order valence-electron chi connectivity index (χ3n) is 4.65. The van der Waals surface area contributed by atoms with Crippen molar-refractivity contribution in [1.29, 1.82) is 0 Å². The van der Waals surface area contributed by atoms with Crippen LogP contribution in [0.4, 0.5) is 0 Å². The van der Waals surface area contributed by atoms with Gasteiger partial charge in [-0.3, -0.25) is 4.79 Å². The lowest BCUT2D eigenvalue weighted by atomic mass is 9.88. The van der Waals surface area contributed by atoms with Crippen LogP contribution in [-0.2, 0) is 11.3 Å². The van der Waals surface area contributed by atoms with E-state index in [-0.39, 0.29) is 18.5 Å². The zero-order chi connectivity index (χ0) is 14.7. The Labute approximate surface area is 122 Å². The summed E-state index contributed by atoms with van der Waals surface area (Å²) in [6, 6.07) is 1.99. The molecule has 3 nitrogen and oxygen atoms in total. The molecule has 2 atom stereocenters. The first-order chi connectivity index (χ1) is 9.54. The molecule has 0 radical (unpaired) electrons. The Bertz CT molecular complexity index is 476. The quantitative estimate of drug-likeness (QED) is 0.764. The summed E-state index contributed by atoms with van der Waals surface area (Å²) in [5, 5.41) is 0. The van der Waals surface area contributed by atoms with Gasteiger partial charge in [-0.2, -0.15) is 0 Å². The molecule has 0 saturated heterocycles. The molecular formula is C17H27NO2. The molecule has 2 rings (SSSR count). The molecule has 0 bridgehead atoms. The molecule has 3 heteroatoms. The topological polar surface area (TPSA) is 31.2 Å². The fourth-order valence-electron chi connectivity index (χ4n) is 3.36. The van der Waals surface area contributed by atoms with E-state index in [1.54, 1.807) is 0 Å². The van der Waals surface area contributed by atoms with E-state index in [9.17, 15) is 4.79 Å². The van der Waals surface area contributed by atoms with Gasteiger partial charge < -0.3 is 9.30 Å². The summed E-state index contributed by atoms with van der Waals surface area (Å²) < 4.78 is 8.07. The van der Waals surface area contributed by atoms with Crippen LogP contribution in [-0.4, -0.2) is 23.1 Å². The zero-order valence-corrected chi connectivity index (χ0v) is 13.2. The number of carbonyl (C=O) groups is 1. The first-order valence-corrected chi connectivity index (χ1v) is 7.86. The lowest BCUT2D eigenvalue weighted by Crippen LogP contribution is -2.28. The summed E-state index contributed by atoms with van der Waals surface area (Å²) in [7, 11) is 0. The Hall–Kier alpha value is -1.09. The average Bonchev–Trinajstić information content (AvgIpc) is 2.72. The normalized spacial score (nSPS) is 23.0. The number of hydrogen-bond acceptors (Lipinski definition) is 2. The van der Waals surface area contributed by atoms with Crippen molar-refractivity contribution >= 4 is 5.78 Å². The fourth-order valence-corrected chi connectivity index (χ4v) is 3.36. The molecule has 1 aliphatic carbocycles. The number of Topliss-reactive ketones (excluding diaryl/α,β-unsaturated/α-hetero) is 1. The van der Waals surface area contributed by atoms with E-state index in [1.165, 1.54) is 19.3 Å². The van der Waals surface area contributed by atoms with E-state index >= 15 is 0 Å². The molecule has 1 heterocycles. The van der Waals surface area contributed by atoms with E-state index in [2.05, 4.69) is 25.3 Å². The van der Waals surface area contributed by atoms with Crippen molar-refractivity contribution in [3.05, 3.63) is 23.0 Å². The highest BCUT2D eigenvalue weighted by molar-refractivity contribution is 5.98. The SMILES string of the molecule is CCn1c(C)cc(C(=O)COC2CCCCC2C)c1C. The molecule has 0 spiro atoms. The Morgan fingerprint density at radius 1 is 1.35 bits per heavy atom. The molecule has 1 aliphatic rings. The highest BCUT2D eigenvalue weighted by atomic mass is 16.5. The number of rotatable bonds is 5. The Balaban J connectivity index is 1.98. The predicted octanol–water partition coefficient (Wildman–Crippen LogP) is 3.90. The fraction of sp³-hybridized carbons (Fsp3) is 0.706. The average molecular weight is 277 g/mol. The van der Waals surface area contributed by atoms with Crippen molar-refractivity contribution in [3.63, 3.8) is 0 Å². The van der Waals surface area contributed by atoms with E-state index in [4.69, 9.17) is 4.74 Å². The van der Waals surface area contributed by atoms with Crippen molar-refractivity contribution in [2.45, 2.75) is 66.0 Å². The maximum Gasteiger partial charge on any atom is 0.190 e. The van der Waals surface area contributed by atoms with E-state index in [0.717, 1.165) is 29.9 Å². The monoisotopic (exact) mass is 277 g/mol. The molecule has 20 heavy (non-hydrogen) atoms. The third kappa shape index (κ3) is 3.14. The lowest BCUT2D eigenvalue weighted by molar-refractivity contribution is 0.000723. The van der Waals surface area contributed by atoms with Gasteiger partial charge in [-0.25, -0.2) is 0 Å². The first-order valence-electron chi connectivity index (χ1n) is 7.86. The van der Waals surface area contributed by atoms with Crippen LogP contribution in [0.15, 0.2) is 6.07 Å². The first kappa shape index (κ1) is 15.3. The minimum absolute atomic E-state index is 0.121. The summed E-state index contributed by atoms with van der Waals surface area (Å²) in [6.45, 7) is 9.55. The van der Waals surface area contributed by atoms with Gasteiger partial charge in [-0.1, -0.05) is 19.8 Å². The van der Waals surface area contributed by atoms with Crippen molar-refractivity contribution in [2.75, 3.05) is 6.61 Å². The molecule has 0 N–H and O–H groups in total. The second-order valence-corrected chi connectivity index (χ2v) is 6.06. The molecule has 1 fully saturated rings.